The second-order valence-electron chi connectivity index (χ2n) is 5.66. The summed E-state index contributed by atoms with van der Waals surface area (Å²) < 4.78 is 22.3. The van der Waals surface area contributed by atoms with Gasteiger partial charge >= 0.3 is 7.60 Å². The molecule has 1 unspecified atom stereocenters. The first kappa shape index (κ1) is 21.3. The van der Waals surface area contributed by atoms with Crippen molar-refractivity contribution in [1.29, 1.82) is 0 Å². The molecule has 0 aromatic heterocycles. The Labute approximate surface area is 128 Å². The van der Waals surface area contributed by atoms with Gasteiger partial charge in [-0.05, 0) is 26.4 Å². The normalized spacial score (nSPS) is 15.0. The van der Waals surface area contributed by atoms with E-state index in [-0.39, 0.29) is 6.16 Å². The van der Waals surface area contributed by atoms with Crippen LogP contribution >= 0.6 is 15.0 Å². The molecule has 0 aliphatic rings. The minimum atomic E-state index is -4.39. The average Bonchev–Trinajstić information content (AvgIpc) is 2.33. The molecule has 0 aromatic carbocycles. The van der Waals surface area contributed by atoms with Crippen molar-refractivity contribution < 1.29 is 23.8 Å². The second-order valence-corrected chi connectivity index (χ2v) is 10.3. The molecule has 6 nitrogen and oxygen atoms in total. The van der Waals surface area contributed by atoms with Gasteiger partial charge in [0.2, 0.25) is 7.37 Å². The van der Waals surface area contributed by atoms with Gasteiger partial charge in [-0.1, -0.05) is 44.9 Å². The van der Waals surface area contributed by atoms with Gasteiger partial charge in [0.25, 0.3) is 0 Å². The van der Waals surface area contributed by atoms with E-state index in [1.165, 1.54) is 32.1 Å². The Morgan fingerprint density at radius 2 is 1.19 bits per heavy atom. The van der Waals surface area contributed by atoms with Gasteiger partial charge < -0.3 is 20.0 Å². The van der Waals surface area contributed by atoms with Crippen LogP contribution in [0, 0.1) is 0 Å². The molecular weight excluding hydrogens is 312 g/mol. The zero-order chi connectivity index (χ0) is 16.2. The molecule has 0 fully saturated rings. The summed E-state index contributed by atoms with van der Waals surface area (Å²) in [4.78, 5) is 26.9. The van der Waals surface area contributed by atoms with Crippen LogP contribution in [0.25, 0.3) is 0 Å². The molecule has 0 saturated heterocycles. The molecule has 0 spiro atoms. The molecule has 21 heavy (non-hydrogen) atoms. The van der Waals surface area contributed by atoms with Crippen LogP contribution in [0.4, 0.5) is 0 Å². The van der Waals surface area contributed by atoms with Gasteiger partial charge in [0.1, 0.15) is 5.90 Å². The molecule has 0 aromatic rings. The maximum Gasteiger partial charge on any atom is 0.335 e. The van der Waals surface area contributed by atoms with Crippen molar-refractivity contribution in [3.8, 4) is 0 Å². The molecule has 128 valence electrons. The first-order chi connectivity index (χ1) is 9.77. The topological polar surface area (TPSA) is 107 Å². The number of hydrogen-bond donors (Lipinski definition) is 4. The van der Waals surface area contributed by atoms with Crippen LogP contribution in [-0.4, -0.2) is 40.3 Å². The van der Waals surface area contributed by atoms with E-state index in [0.29, 0.717) is 6.42 Å². The highest BCUT2D eigenvalue weighted by atomic mass is 31.2. The lowest BCUT2D eigenvalue weighted by Gasteiger charge is -2.12. The van der Waals surface area contributed by atoms with Crippen LogP contribution in [0.1, 0.15) is 57.8 Å². The molecule has 0 heterocycles. The zero-order valence-corrected chi connectivity index (χ0v) is 14.8. The number of rotatable bonds is 14. The van der Waals surface area contributed by atoms with E-state index in [0.717, 1.165) is 25.8 Å². The van der Waals surface area contributed by atoms with Crippen molar-refractivity contribution in [2.24, 2.45) is 0 Å². The standard InChI is InChI=1S/C13H31NO5P2/c1-14-11-9-7-5-3-2-4-6-8-10-12-20(15,16)13-21(17,18)19/h14H,2-13H2,1H3,(H,15,16)(H2,17,18,19). The highest BCUT2D eigenvalue weighted by molar-refractivity contribution is 7.72. The van der Waals surface area contributed by atoms with Crippen LogP contribution in [0.15, 0.2) is 0 Å². The van der Waals surface area contributed by atoms with Crippen molar-refractivity contribution in [2.75, 3.05) is 25.7 Å². The van der Waals surface area contributed by atoms with Crippen molar-refractivity contribution >= 4 is 15.0 Å². The number of hydrogen-bond acceptors (Lipinski definition) is 3. The zero-order valence-electron chi connectivity index (χ0n) is 13.0. The minimum absolute atomic E-state index is 0.0160. The quantitative estimate of drug-likeness (QED) is 0.285. The lowest BCUT2D eigenvalue weighted by molar-refractivity contribution is 0.375. The van der Waals surface area contributed by atoms with E-state index >= 15 is 0 Å². The molecule has 0 radical (unpaired) electrons. The van der Waals surface area contributed by atoms with Crippen molar-refractivity contribution in [1.82, 2.24) is 5.32 Å². The van der Waals surface area contributed by atoms with E-state index in [1.54, 1.807) is 0 Å². The Morgan fingerprint density at radius 3 is 1.62 bits per heavy atom. The van der Waals surface area contributed by atoms with Crippen LogP contribution < -0.4 is 5.32 Å². The summed E-state index contributed by atoms with van der Waals surface area (Å²) in [6.07, 6.45) is 9.75. The highest BCUT2D eigenvalue weighted by Gasteiger charge is 2.28. The molecule has 0 saturated carbocycles. The summed E-state index contributed by atoms with van der Waals surface area (Å²) in [5.41, 5.74) is 0. The summed E-state index contributed by atoms with van der Waals surface area (Å²) in [6.45, 7) is 1.08. The Morgan fingerprint density at radius 1 is 0.762 bits per heavy atom. The van der Waals surface area contributed by atoms with Crippen molar-refractivity contribution in [3.63, 3.8) is 0 Å². The highest BCUT2D eigenvalue weighted by Crippen LogP contribution is 2.54. The molecular formula is C13H31NO5P2. The monoisotopic (exact) mass is 343 g/mol. The van der Waals surface area contributed by atoms with E-state index in [1.807, 2.05) is 7.05 Å². The Kier molecular flexibility index (Phi) is 12.0. The van der Waals surface area contributed by atoms with Gasteiger partial charge in [0.15, 0.2) is 0 Å². The average molecular weight is 343 g/mol. The minimum Gasteiger partial charge on any atom is -0.344 e. The van der Waals surface area contributed by atoms with Gasteiger partial charge in [-0.2, -0.15) is 0 Å². The fourth-order valence-corrected chi connectivity index (χ4v) is 5.84. The van der Waals surface area contributed by atoms with Gasteiger partial charge in [0, 0.05) is 6.16 Å². The number of nitrogens with one attached hydrogen (secondary N) is 1. The maximum atomic E-state index is 11.5. The van der Waals surface area contributed by atoms with E-state index in [4.69, 9.17) is 9.79 Å². The lowest BCUT2D eigenvalue weighted by atomic mass is 10.1. The molecule has 8 heteroatoms. The van der Waals surface area contributed by atoms with Crippen LogP contribution in [-0.2, 0) is 9.13 Å². The molecule has 0 bridgehead atoms. The summed E-state index contributed by atoms with van der Waals surface area (Å²) in [6, 6.07) is 0. The summed E-state index contributed by atoms with van der Waals surface area (Å²) >= 11 is 0. The first-order valence-electron chi connectivity index (χ1n) is 7.77. The van der Waals surface area contributed by atoms with Crippen LogP contribution in [0.3, 0.4) is 0 Å². The Hall–Kier alpha value is 0.300. The fourth-order valence-electron chi connectivity index (χ4n) is 2.26. The van der Waals surface area contributed by atoms with E-state index < -0.39 is 20.9 Å². The molecule has 0 aliphatic heterocycles. The van der Waals surface area contributed by atoms with Crippen LogP contribution in [0.2, 0.25) is 0 Å². The third-order valence-corrected chi connectivity index (χ3v) is 7.60. The fraction of sp³-hybridized carbons (Fsp3) is 1.00. The summed E-state index contributed by atoms with van der Waals surface area (Å²) in [7, 11) is -6.08. The van der Waals surface area contributed by atoms with Gasteiger partial charge in [-0.25, -0.2) is 0 Å². The lowest BCUT2D eigenvalue weighted by Crippen LogP contribution is -2.06. The molecule has 4 N–H and O–H groups in total. The van der Waals surface area contributed by atoms with E-state index in [9.17, 15) is 14.0 Å². The largest absolute Gasteiger partial charge is 0.344 e. The molecule has 0 amide bonds. The first-order valence-corrected chi connectivity index (χ1v) is 11.6. The Balaban J connectivity index is 3.40. The van der Waals surface area contributed by atoms with Crippen LogP contribution in [0.5, 0.6) is 0 Å². The van der Waals surface area contributed by atoms with Gasteiger partial charge in [0.05, 0.1) is 0 Å². The number of unbranched alkanes of at least 4 members (excludes halogenated alkanes) is 8. The maximum absolute atomic E-state index is 11.5. The third kappa shape index (κ3) is 16.5. The SMILES string of the molecule is CNCCCCCCCCCCCP(=O)(O)CP(=O)(O)O. The van der Waals surface area contributed by atoms with E-state index in [2.05, 4.69) is 5.32 Å². The third-order valence-electron chi connectivity index (χ3n) is 3.34. The predicted molar refractivity (Wildman–Crippen MR) is 87.1 cm³/mol. The van der Waals surface area contributed by atoms with Gasteiger partial charge in [-0.15, -0.1) is 0 Å². The van der Waals surface area contributed by atoms with Crippen molar-refractivity contribution in [3.05, 3.63) is 0 Å². The smallest absolute Gasteiger partial charge is 0.335 e. The summed E-state index contributed by atoms with van der Waals surface area (Å²) in [5.74, 6) is -0.882. The van der Waals surface area contributed by atoms with Gasteiger partial charge in [-0.3, -0.25) is 9.13 Å². The van der Waals surface area contributed by atoms with Crippen molar-refractivity contribution in [2.45, 2.75) is 57.8 Å². The predicted octanol–water partition coefficient (Wildman–Crippen LogP) is 3.12. The Bertz CT molecular complexity index is 345. The molecule has 0 rings (SSSR count). The molecule has 1 atom stereocenters. The molecule has 0 aliphatic carbocycles. The summed E-state index contributed by atoms with van der Waals surface area (Å²) in [5, 5.41) is 3.13. The second kappa shape index (κ2) is 11.8.